The Morgan fingerprint density at radius 2 is 2.00 bits per heavy atom. The molecule has 0 spiro atoms. The molecule has 0 aromatic carbocycles. The van der Waals surface area contributed by atoms with Crippen LogP contribution in [-0.4, -0.2) is 5.33 Å². The molecular weight excluding hydrogens is 200 g/mol. The second-order valence-electron chi connectivity index (χ2n) is 5.45. The Morgan fingerprint density at radius 3 is 2.27 bits per heavy atom. The summed E-state index contributed by atoms with van der Waals surface area (Å²) in [6.45, 7) is 9.43. The standard InChI is InChI=1S/C10H19Br/c1-9(2,3)7-10(4)5-8(10)6-11/h8H,5-7H2,1-4H3. The lowest BCUT2D eigenvalue weighted by molar-refractivity contribution is 0.281. The summed E-state index contributed by atoms with van der Waals surface area (Å²) in [5, 5.41) is 1.19. The quantitative estimate of drug-likeness (QED) is 0.619. The van der Waals surface area contributed by atoms with Crippen LogP contribution in [0, 0.1) is 16.7 Å². The zero-order valence-electron chi connectivity index (χ0n) is 8.08. The van der Waals surface area contributed by atoms with Crippen molar-refractivity contribution in [1.82, 2.24) is 0 Å². The average molecular weight is 219 g/mol. The molecule has 0 N–H and O–H groups in total. The molecule has 1 aliphatic rings. The lowest BCUT2D eigenvalue weighted by Gasteiger charge is -2.23. The molecular formula is C10H19Br. The fraction of sp³-hybridized carbons (Fsp3) is 1.00. The highest BCUT2D eigenvalue weighted by Gasteiger charge is 2.50. The second-order valence-corrected chi connectivity index (χ2v) is 6.09. The minimum Gasteiger partial charge on any atom is -0.0925 e. The summed E-state index contributed by atoms with van der Waals surface area (Å²) in [7, 11) is 0. The van der Waals surface area contributed by atoms with Crippen LogP contribution >= 0.6 is 15.9 Å². The number of hydrogen-bond acceptors (Lipinski definition) is 0. The highest BCUT2D eigenvalue weighted by atomic mass is 79.9. The van der Waals surface area contributed by atoms with Crippen LogP contribution in [0.25, 0.3) is 0 Å². The van der Waals surface area contributed by atoms with Crippen molar-refractivity contribution in [2.24, 2.45) is 16.7 Å². The van der Waals surface area contributed by atoms with Gasteiger partial charge < -0.3 is 0 Å². The van der Waals surface area contributed by atoms with Crippen molar-refractivity contribution in [1.29, 1.82) is 0 Å². The third kappa shape index (κ3) is 2.47. The van der Waals surface area contributed by atoms with Crippen molar-refractivity contribution in [2.45, 2.75) is 40.5 Å². The minimum absolute atomic E-state index is 0.506. The van der Waals surface area contributed by atoms with E-state index in [2.05, 4.69) is 43.6 Å². The number of alkyl halides is 1. The maximum atomic E-state index is 3.56. The Hall–Kier alpha value is 0.480. The summed E-state index contributed by atoms with van der Waals surface area (Å²) in [6.07, 6.45) is 2.80. The summed E-state index contributed by atoms with van der Waals surface area (Å²) < 4.78 is 0. The summed E-state index contributed by atoms with van der Waals surface area (Å²) in [6, 6.07) is 0. The van der Waals surface area contributed by atoms with Crippen LogP contribution in [0.15, 0.2) is 0 Å². The van der Waals surface area contributed by atoms with E-state index in [0.717, 1.165) is 5.92 Å². The lowest BCUT2D eigenvalue weighted by atomic mass is 9.83. The summed E-state index contributed by atoms with van der Waals surface area (Å²) >= 11 is 3.56. The summed E-state index contributed by atoms with van der Waals surface area (Å²) in [5.74, 6) is 0.946. The van der Waals surface area contributed by atoms with Gasteiger partial charge in [-0.15, -0.1) is 0 Å². The molecule has 0 saturated heterocycles. The van der Waals surface area contributed by atoms with Crippen LogP contribution in [0.5, 0.6) is 0 Å². The van der Waals surface area contributed by atoms with E-state index in [4.69, 9.17) is 0 Å². The van der Waals surface area contributed by atoms with Gasteiger partial charge in [0, 0.05) is 5.33 Å². The third-order valence-electron chi connectivity index (χ3n) is 2.66. The normalized spacial score (nSPS) is 37.4. The van der Waals surface area contributed by atoms with Gasteiger partial charge in [-0.25, -0.2) is 0 Å². The molecule has 0 heterocycles. The molecule has 1 fully saturated rings. The molecule has 0 nitrogen and oxygen atoms in total. The molecule has 2 atom stereocenters. The van der Waals surface area contributed by atoms with Gasteiger partial charge in [0.15, 0.2) is 0 Å². The Balaban J connectivity index is 2.40. The van der Waals surface area contributed by atoms with E-state index in [9.17, 15) is 0 Å². The van der Waals surface area contributed by atoms with Crippen LogP contribution in [0.4, 0.5) is 0 Å². The Labute approximate surface area is 78.9 Å². The highest BCUT2D eigenvalue weighted by molar-refractivity contribution is 9.09. The maximum Gasteiger partial charge on any atom is 0.00650 e. The van der Waals surface area contributed by atoms with Gasteiger partial charge in [0.25, 0.3) is 0 Å². The first-order valence-corrected chi connectivity index (χ1v) is 5.55. The second kappa shape index (κ2) is 2.76. The SMILES string of the molecule is CC(C)(C)CC1(C)CC1CBr. The minimum atomic E-state index is 0.506. The first kappa shape index (κ1) is 9.57. The average Bonchev–Trinajstić information content (AvgIpc) is 2.36. The summed E-state index contributed by atoms with van der Waals surface area (Å²) in [4.78, 5) is 0. The van der Waals surface area contributed by atoms with Crippen LogP contribution in [-0.2, 0) is 0 Å². The molecule has 1 saturated carbocycles. The first-order chi connectivity index (χ1) is 4.87. The Kier molecular flexibility index (Phi) is 2.40. The fourth-order valence-electron chi connectivity index (χ4n) is 2.17. The van der Waals surface area contributed by atoms with Crippen LogP contribution < -0.4 is 0 Å². The molecule has 1 aliphatic carbocycles. The fourth-order valence-corrected chi connectivity index (χ4v) is 3.18. The number of rotatable bonds is 2. The van der Waals surface area contributed by atoms with Gasteiger partial charge in [0.05, 0.1) is 0 Å². The van der Waals surface area contributed by atoms with Gasteiger partial charge in [-0.3, -0.25) is 0 Å². The van der Waals surface area contributed by atoms with Gasteiger partial charge in [0.2, 0.25) is 0 Å². The monoisotopic (exact) mass is 218 g/mol. The molecule has 11 heavy (non-hydrogen) atoms. The van der Waals surface area contributed by atoms with Crippen LogP contribution in [0.2, 0.25) is 0 Å². The van der Waals surface area contributed by atoms with Crippen LogP contribution in [0.1, 0.15) is 40.5 Å². The predicted molar refractivity (Wildman–Crippen MR) is 54.1 cm³/mol. The van der Waals surface area contributed by atoms with E-state index >= 15 is 0 Å². The first-order valence-electron chi connectivity index (χ1n) is 4.43. The predicted octanol–water partition coefficient (Wildman–Crippen LogP) is 3.84. The number of hydrogen-bond donors (Lipinski definition) is 0. The van der Waals surface area contributed by atoms with Crippen LogP contribution in [0.3, 0.4) is 0 Å². The van der Waals surface area contributed by atoms with Crippen molar-refractivity contribution < 1.29 is 0 Å². The smallest absolute Gasteiger partial charge is 0.00650 e. The van der Waals surface area contributed by atoms with E-state index in [0.29, 0.717) is 10.8 Å². The van der Waals surface area contributed by atoms with E-state index in [1.165, 1.54) is 18.2 Å². The van der Waals surface area contributed by atoms with Crippen molar-refractivity contribution >= 4 is 15.9 Å². The highest BCUT2D eigenvalue weighted by Crippen LogP contribution is 2.58. The van der Waals surface area contributed by atoms with Gasteiger partial charge >= 0.3 is 0 Å². The molecule has 2 unspecified atom stereocenters. The van der Waals surface area contributed by atoms with Crippen molar-refractivity contribution in [3.05, 3.63) is 0 Å². The van der Waals surface area contributed by atoms with E-state index in [1.807, 2.05) is 0 Å². The maximum absolute atomic E-state index is 3.56. The van der Waals surface area contributed by atoms with E-state index in [-0.39, 0.29) is 0 Å². The third-order valence-corrected chi connectivity index (χ3v) is 3.44. The van der Waals surface area contributed by atoms with E-state index < -0.39 is 0 Å². The molecule has 1 rings (SSSR count). The molecule has 0 aliphatic heterocycles. The zero-order chi connectivity index (χ0) is 8.70. The Bertz CT molecular complexity index is 145. The molecule has 66 valence electrons. The van der Waals surface area contributed by atoms with Crippen molar-refractivity contribution in [2.75, 3.05) is 5.33 Å². The van der Waals surface area contributed by atoms with Gasteiger partial charge in [0.1, 0.15) is 0 Å². The number of halogens is 1. The lowest BCUT2D eigenvalue weighted by Crippen LogP contribution is -2.13. The molecule has 0 radical (unpaired) electrons. The molecule has 1 heteroatoms. The molecule has 0 amide bonds. The molecule has 0 aromatic heterocycles. The van der Waals surface area contributed by atoms with Crippen molar-refractivity contribution in [3.8, 4) is 0 Å². The zero-order valence-corrected chi connectivity index (χ0v) is 9.66. The van der Waals surface area contributed by atoms with Gasteiger partial charge in [-0.1, -0.05) is 43.6 Å². The topological polar surface area (TPSA) is 0 Å². The summed E-state index contributed by atoms with van der Waals surface area (Å²) in [5.41, 5.74) is 1.16. The Morgan fingerprint density at radius 1 is 1.45 bits per heavy atom. The van der Waals surface area contributed by atoms with E-state index in [1.54, 1.807) is 0 Å². The molecule has 0 bridgehead atoms. The molecule has 0 aromatic rings. The van der Waals surface area contributed by atoms with Crippen molar-refractivity contribution in [3.63, 3.8) is 0 Å². The van der Waals surface area contributed by atoms with Gasteiger partial charge in [-0.2, -0.15) is 0 Å². The van der Waals surface area contributed by atoms with Gasteiger partial charge in [-0.05, 0) is 29.6 Å². The largest absolute Gasteiger partial charge is 0.0925 e.